The lowest BCUT2D eigenvalue weighted by Gasteiger charge is -2.33. The summed E-state index contributed by atoms with van der Waals surface area (Å²) in [4.78, 5) is 15.2. The molecule has 1 saturated heterocycles. The number of piperidine rings is 1. The summed E-state index contributed by atoms with van der Waals surface area (Å²) in [5, 5.41) is 3.06. The molecule has 3 rings (SSSR count). The van der Waals surface area contributed by atoms with E-state index in [-0.39, 0.29) is 5.91 Å². The Kier molecular flexibility index (Phi) is 5.63. The third kappa shape index (κ3) is 4.15. The van der Waals surface area contributed by atoms with Gasteiger partial charge >= 0.3 is 0 Å². The number of nitrogens with one attached hydrogen (secondary N) is 1. The molecule has 0 unspecified atom stereocenters. The molecule has 2 aromatic carbocycles. The van der Waals surface area contributed by atoms with Crippen LogP contribution in [0.1, 0.15) is 30.1 Å². The Morgan fingerprint density at radius 3 is 2.64 bits per heavy atom. The van der Waals surface area contributed by atoms with Gasteiger partial charge in [0.1, 0.15) is 5.75 Å². The summed E-state index contributed by atoms with van der Waals surface area (Å²) in [5.41, 5.74) is 2.43. The zero-order chi connectivity index (χ0) is 17.8. The van der Waals surface area contributed by atoms with Crippen LogP contribution in [0.2, 0.25) is 0 Å². The molecule has 2 aromatic rings. The van der Waals surface area contributed by atoms with Gasteiger partial charge in [0.2, 0.25) is 0 Å². The maximum atomic E-state index is 12.8. The Labute approximate surface area is 157 Å². The first-order valence-electron chi connectivity index (χ1n) is 8.57. The van der Waals surface area contributed by atoms with Crippen LogP contribution in [0.4, 0.5) is 11.4 Å². The fraction of sp³-hybridized carbons (Fsp3) is 0.350. The van der Waals surface area contributed by atoms with Crippen LogP contribution in [0, 0.1) is 5.92 Å². The maximum absolute atomic E-state index is 12.8. The summed E-state index contributed by atoms with van der Waals surface area (Å²) < 4.78 is 6.17. The zero-order valence-corrected chi connectivity index (χ0v) is 16.2. The number of nitrogens with zero attached hydrogens (tertiary/aromatic N) is 1. The average molecular weight is 403 g/mol. The molecule has 1 fully saturated rings. The Morgan fingerprint density at radius 1 is 1.20 bits per heavy atom. The molecule has 0 spiro atoms. The van der Waals surface area contributed by atoms with Crippen molar-refractivity contribution < 1.29 is 9.53 Å². The monoisotopic (exact) mass is 402 g/mol. The molecule has 1 amide bonds. The second-order valence-corrected chi connectivity index (χ2v) is 7.40. The molecule has 25 heavy (non-hydrogen) atoms. The van der Waals surface area contributed by atoms with Crippen molar-refractivity contribution in [1.29, 1.82) is 0 Å². The number of hydrogen-bond acceptors (Lipinski definition) is 3. The first-order valence-corrected chi connectivity index (χ1v) is 9.36. The third-order valence-electron chi connectivity index (χ3n) is 4.68. The molecule has 1 heterocycles. The van der Waals surface area contributed by atoms with E-state index >= 15 is 0 Å². The lowest BCUT2D eigenvalue weighted by Crippen LogP contribution is -2.33. The molecule has 132 valence electrons. The van der Waals surface area contributed by atoms with Crippen LogP contribution in [0.5, 0.6) is 5.75 Å². The predicted molar refractivity (Wildman–Crippen MR) is 106 cm³/mol. The van der Waals surface area contributed by atoms with E-state index in [0.29, 0.717) is 11.3 Å². The summed E-state index contributed by atoms with van der Waals surface area (Å²) in [6, 6.07) is 13.4. The van der Waals surface area contributed by atoms with Crippen molar-refractivity contribution in [3.05, 3.63) is 52.5 Å². The van der Waals surface area contributed by atoms with Gasteiger partial charge < -0.3 is 15.0 Å². The molecule has 0 saturated carbocycles. The number of anilines is 2. The summed E-state index contributed by atoms with van der Waals surface area (Å²) in [6.45, 7) is 4.34. The molecule has 0 bridgehead atoms. The van der Waals surface area contributed by atoms with Crippen molar-refractivity contribution in [2.24, 2.45) is 5.92 Å². The highest BCUT2D eigenvalue weighted by molar-refractivity contribution is 9.10. The highest BCUT2D eigenvalue weighted by Crippen LogP contribution is 2.31. The van der Waals surface area contributed by atoms with Crippen LogP contribution in [-0.2, 0) is 0 Å². The van der Waals surface area contributed by atoms with Crippen molar-refractivity contribution in [3.8, 4) is 5.75 Å². The molecule has 1 aliphatic rings. The number of para-hydroxylation sites is 2. The van der Waals surface area contributed by atoms with Crippen molar-refractivity contribution in [3.63, 3.8) is 0 Å². The fourth-order valence-corrected chi connectivity index (χ4v) is 3.51. The van der Waals surface area contributed by atoms with Gasteiger partial charge in [0.15, 0.2) is 0 Å². The Bertz CT molecular complexity index is 755. The molecule has 0 aromatic heterocycles. The highest BCUT2D eigenvalue weighted by Gasteiger charge is 2.20. The van der Waals surface area contributed by atoms with Gasteiger partial charge in [-0.25, -0.2) is 0 Å². The van der Waals surface area contributed by atoms with Crippen LogP contribution in [0.25, 0.3) is 0 Å². The molecular formula is C20H23BrN2O2. The normalized spacial score (nSPS) is 15.1. The molecule has 5 heteroatoms. The predicted octanol–water partition coefficient (Wildman–Crippen LogP) is 4.95. The molecular weight excluding hydrogens is 380 g/mol. The van der Waals surface area contributed by atoms with Gasteiger partial charge in [-0.2, -0.15) is 0 Å². The van der Waals surface area contributed by atoms with Gasteiger partial charge in [-0.1, -0.05) is 35.0 Å². The number of hydrogen-bond donors (Lipinski definition) is 1. The van der Waals surface area contributed by atoms with E-state index in [1.54, 1.807) is 19.2 Å². The number of amides is 1. The average Bonchev–Trinajstić information content (AvgIpc) is 2.63. The standard InChI is InChI=1S/C20H23BrN2O2/c1-14-9-11-23(12-10-14)18-6-4-3-5-17(18)22-20(24)16-13-15(21)7-8-19(16)25-2/h3-8,13-14H,9-12H2,1-2H3,(H,22,24). The van der Waals surface area contributed by atoms with Crippen molar-refractivity contribution in [2.45, 2.75) is 19.8 Å². The largest absolute Gasteiger partial charge is 0.496 e. The first-order chi connectivity index (χ1) is 12.1. The van der Waals surface area contributed by atoms with Gasteiger partial charge in [-0.15, -0.1) is 0 Å². The van der Waals surface area contributed by atoms with Crippen LogP contribution in [0.15, 0.2) is 46.9 Å². The number of rotatable bonds is 4. The third-order valence-corrected chi connectivity index (χ3v) is 5.18. The van der Waals surface area contributed by atoms with Crippen molar-refractivity contribution in [2.75, 3.05) is 30.4 Å². The molecule has 0 radical (unpaired) electrons. The smallest absolute Gasteiger partial charge is 0.259 e. The van der Waals surface area contributed by atoms with E-state index in [4.69, 9.17) is 4.74 Å². The number of benzene rings is 2. The Morgan fingerprint density at radius 2 is 1.92 bits per heavy atom. The van der Waals surface area contributed by atoms with E-state index < -0.39 is 0 Å². The van der Waals surface area contributed by atoms with Crippen LogP contribution >= 0.6 is 15.9 Å². The number of carbonyl (C=O) groups is 1. The van der Waals surface area contributed by atoms with Gasteiger partial charge in [-0.05, 0) is 49.1 Å². The SMILES string of the molecule is COc1ccc(Br)cc1C(=O)Nc1ccccc1N1CCC(C)CC1. The first kappa shape index (κ1) is 17.8. The second kappa shape index (κ2) is 7.91. The van der Waals surface area contributed by atoms with Crippen LogP contribution in [0.3, 0.4) is 0 Å². The van der Waals surface area contributed by atoms with Gasteiger partial charge in [-0.3, -0.25) is 4.79 Å². The van der Waals surface area contributed by atoms with Gasteiger partial charge in [0.05, 0.1) is 24.0 Å². The summed E-state index contributed by atoms with van der Waals surface area (Å²) in [7, 11) is 1.57. The minimum absolute atomic E-state index is 0.170. The topological polar surface area (TPSA) is 41.6 Å². The minimum Gasteiger partial charge on any atom is -0.496 e. The minimum atomic E-state index is -0.170. The molecule has 1 aliphatic heterocycles. The van der Waals surface area contributed by atoms with E-state index in [9.17, 15) is 4.79 Å². The van der Waals surface area contributed by atoms with E-state index in [1.165, 1.54) is 12.8 Å². The molecule has 0 atom stereocenters. The summed E-state index contributed by atoms with van der Waals surface area (Å²) in [5.74, 6) is 1.16. The number of methoxy groups -OCH3 is 1. The fourth-order valence-electron chi connectivity index (χ4n) is 3.15. The van der Waals surface area contributed by atoms with E-state index in [1.807, 2.05) is 24.3 Å². The van der Waals surface area contributed by atoms with Gasteiger partial charge in [0.25, 0.3) is 5.91 Å². The quantitative estimate of drug-likeness (QED) is 0.786. The zero-order valence-electron chi connectivity index (χ0n) is 14.6. The lowest BCUT2D eigenvalue weighted by molar-refractivity contribution is 0.102. The van der Waals surface area contributed by atoms with Crippen molar-refractivity contribution in [1.82, 2.24) is 0 Å². The maximum Gasteiger partial charge on any atom is 0.259 e. The summed E-state index contributed by atoms with van der Waals surface area (Å²) in [6.07, 6.45) is 2.36. The molecule has 4 nitrogen and oxygen atoms in total. The molecule has 1 N–H and O–H groups in total. The van der Waals surface area contributed by atoms with Gasteiger partial charge in [0, 0.05) is 17.6 Å². The number of ether oxygens (including phenoxy) is 1. The van der Waals surface area contributed by atoms with Crippen LogP contribution < -0.4 is 15.0 Å². The van der Waals surface area contributed by atoms with E-state index in [0.717, 1.165) is 34.9 Å². The number of carbonyl (C=O) groups excluding carboxylic acids is 1. The highest BCUT2D eigenvalue weighted by atomic mass is 79.9. The Hall–Kier alpha value is -2.01. The second-order valence-electron chi connectivity index (χ2n) is 6.49. The van der Waals surface area contributed by atoms with Crippen molar-refractivity contribution >= 4 is 33.2 Å². The van der Waals surface area contributed by atoms with Crippen LogP contribution in [-0.4, -0.2) is 26.1 Å². The van der Waals surface area contributed by atoms with E-state index in [2.05, 4.69) is 39.1 Å². The number of halogens is 1. The lowest BCUT2D eigenvalue weighted by atomic mass is 9.98. The summed E-state index contributed by atoms with van der Waals surface area (Å²) >= 11 is 3.42. The molecule has 0 aliphatic carbocycles. The Balaban J connectivity index is 1.84.